The third kappa shape index (κ3) is 2.61. The largest absolute Gasteiger partial charge is 0.478 e. The molecule has 1 aromatic heterocycles. The topological polar surface area (TPSA) is 73.7 Å². The van der Waals surface area contributed by atoms with Crippen LogP contribution in [-0.4, -0.2) is 40.4 Å². The Kier molecular flexibility index (Phi) is 4.15. The second kappa shape index (κ2) is 5.82. The van der Waals surface area contributed by atoms with Crippen LogP contribution in [0.25, 0.3) is 0 Å². The number of nitrogens with zero attached hydrogens (tertiary/aromatic N) is 2. The van der Waals surface area contributed by atoms with Gasteiger partial charge in [0.05, 0.1) is 0 Å². The fraction of sp³-hybridized carbons (Fsp3) is 0.538. The Labute approximate surface area is 106 Å². The fourth-order valence-electron chi connectivity index (χ4n) is 2.52. The second-order valence-corrected chi connectivity index (χ2v) is 4.54. The molecule has 5 heteroatoms. The molecule has 1 aliphatic heterocycles. The van der Waals surface area contributed by atoms with Crippen molar-refractivity contribution in [3.63, 3.8) is 0 Å². The maximum absolute atomic E-state index is 11.2. The van der Waals surface area contributed by atoms with Crippen molar-refractivity contribution in [1.82, 2.24) is 4.98 Å². The molecule has 0 spiro atoms. The summed E-state index contributed by atoms with van der Waals surface area (Å²) in [5.74, 6) is -0.422. The van der Waals surface area contributed by atoms with Crippen molar-refractivity contribution in [2.75, 3.05) is 18.1 Å². The molecule has 1 saturated heterocycles. The molecular weight excluding hydrogens is 232 g/mol. The van der Waals surface area contributed by atoms with E-state index in [1.165, 1.54) is 0 Å². The quantitative estimate of drug-likeness (QED) is 0.847. The van der Waals surface area contributed by atoms with Gasteiger partial charge in [-0.3, -0.25) is 0 Å². The SMILES string of the molecule is O=C(O)c1cccnc1N1CCCCC1CCO. The number of hydrogen-bond acceptors (Lipinski definition) is 4. The molecule has 1 aliphatic rings. The highest BCUT2D eigenvalue weighted by atomic mass is 16.4. The molecule has 0 amide bonds. The Morgan fingerprint density at radius 3 is 3.06 bits per heavy atom. The maximum atomic E-state index is 11.2. The van der Waals surface area contributed by atoms with Gasteiger partial charge in [-0.05, 0) is 37.8 Å². The summed E-state index contributed by atoms with van der Waals surface area (Å²) in [6.45, 7) is 0.929. The summed E-state index contributed by atoms with van der Waals surface area (Å²) in [4.78, 5) is 17.5. The predicted octanol–water partition coefficient (Wildman–Crippen LogP) is 1.52. The van der Waals surface area contributed by atoms with Crippen LogP contribution in [0.2, 0.25) is 0 Å². The van der Waals surface area contributed by atoms with Gasteiger partial charge in [0.1, 0.15) is 11.4 Å². The number of aliphatic hydroxyl groups excluding tert-OH is 1. The lowest BCUT2D eigenvalue weighted by Gasteiger charge is -2.37. The number of piperidine rings is 1. The van der Waals surface area contributed by atoms with Crippen LogP contribution in [0.15, 0.2) is 18.3 Å². The van der Waals surface area contributed by atoms with Gasteiger partial charge in [-0.25, -0.2) is 9.78 Å². The third-order valence-corrected chi connectivity index (χ3v) is 3.38. The molecule has 2 heterocycles. The number of aromatic nitrogens is 1. The van der Waals surface area contributed by atoms with Crippen LogP contribution in [0.4, 0.5) is 5.82 Å². The number of aromatic carboxylic acids is 1. The summed E-state index contributed by atoms with van der Waals surface area (Å²) in [5.41, 5.74) is 0.238. The molecule has 98 valence electrons. The Balaban J connectivity index is 2.30. The molecule has 18 heavy (non-hydrogen) atoms. The zero-order chi connectivity index (χ0) is 13.0. The standard InChI is InChI=1S/C13H18N2O3/c16-9-6-10-4-1-2-8-15(10)12-11(13(17)18)5-3-7-14-12/h3,5,7,10,16H,1-2,4,6,8-9H2,(H,17,18). The number of carbonyl (C=O) groups is 1. The van der Waals surface area contributed by atoms with Gasteiger partial charge < -0.3 is 15.1 Å². The first-order chi connectivity index (χ1) is 8.74. The summed E-state index contributed by atoms with van der Waals surface area (Å²) in [6.07, 6.45) is 5.42. The van der Waals surface area contributed by atoms with Crippen molar-refractivity contribution in [2.45, 2.75) is 31.7 Å². The number of anilines is 1. The minimum absolute atomic E-state index is 0.121. The van der Waals surface area contributed by atoms with Crippen molar-refractivity contribution in [3.8, 4) is 0 Å². The number of carboxylic acid groups (broad SMARTS) is 1. The third-order valence-electron chi connectivity index (χ3n) is 3.38. The van der Waals surface area contributed by atoms with E-state index >= 15 is 0 Å². The lowest BCUT2D eigenvalue weighted by Crippen LogP contribution is -2.41. The minimum Gasteiger partial charge on any atom is -0.478 e. The molecule has 1 unspecified atom stereocenters. The molecule has 1 atom stereocenters. The molecule has 1 fully saturated rings. The molecule has 0 aromatic carbocycles. The van der Waals surface area contributed by atoms with Crippen LogP contribution < -0.4 is 4.90 Å². The van der Waals surface area contributed by atoms with E-state index in [1.54, 1.807) is 18.3 Å². The van der Waals surface area contributed by atoms with Crippen LogP contribution in [0, 0.1) is 0 Å². The van der Waals surface area contributed by atoms with E-state index in [0.29, 0.717) is 12.2 Å². The molecule has 2 rings (SSSR count). The lowest BCUT2D eigenvalue weighted by atomic mass is 9.99. The normalized spacial score (nSPS) is 19.8. The van der Waals surface area contributed by atoms with Crippen molar-refractivity contribution < 1.29 is 15.0 Å². The smallest absolute Gasteiger partial charge is 0.339 e. The number of rotatable bonds is 4. The number of pyridine rings is 1. The first-order valence-electron chi connectivity index (χ1n) is 6.30. The monoisotopic (exact) mass is 250 g/mol. The molecule has 0 radical (unpaired) electrons. The van der Waals surface area contributed by atoms with Gasteiger partial charge in [-0.2, -0.15) is 0 Å². The summed E-state index contributed by atoms with van der Waals surface area (Å²) in [5, 5.41) is 18.3. The van der Waals surface area contributed by atoms with Gasteiger partial charge in [0.25, 0.3) is 0 Å². The predicted molar refractivity (Wildman–Crippen MR) is 67.9 cm³/mol. The Bertz CT molecular complexity index is 420. The Morgan fingerprint density at radius 2 is 2.33 bits per heavy atom. The van der Waals surface area contributed by atoms with E-state index in [0.717, 1.165) is 25.8 Å². The second-order valence-electron chi connectivity index (χ2n) is 4.54. The van der Waals surface area contributed by atoms with Crippen LogP contribution in [-0.2, 0) is 0 Å². The number of carboxylic acids is 1. The Hall–Kier alpha value is -1.62. The maximum Gasteiger partial charge on any atom is 0.339 e. The summed E-state index contributed by atoms with van der Waals surface area (Å²) in [6, 6.07) is 3.41. The van der Waals surface area contributed by atoms with Crippen molar-refractivity contribution >= 4 is 11.8 Å². The molecule has 5 nitrogen and oxygen atoms in total. The lowest BCUT2D eigenvalue weighted by molar-refractivity contribution is 0.0697. The van der Waals surface area contributed by atoms with Crippen molar-refractivity contribution in [3.05, 3.63) is 23.9 Å². The molecule has 0 bridgehead atoms. The van der Waals surface area contributed by atoms with Gasteiger partial charge in [0, 0.05) is 25.4 Å². The van der Waals surface area contributed by atoms with E-state index in [1.807, 2.05) is 4.90 Å². The van der Waals surface area contributed by atoms with Crippen LogP contribution in [0.1, 0.15) is 36.0 Å². The summed E-state index contributed by atoms with van der Waals surface area (Å²) < 4.78 is 0. The van der Waals surface area contributed by atoms with E-state index in [4.69, 9.17) is 5.11 Å². The molecule has 2 N–H and O–H groups in total. The zero-order valence-corrected chi connectivity index (χ0v) is 10.2. The highest BCUT2D eigenvalue weighted by Crippen LogP contribution is 2.27. The highest BCUT2D eigenvalue weighted by molar-refractivity contribution is 5.93. The van der Waals surface area contributed by atoms with Gasteiger partial charge in [0.15, 0.2) is 0 Å². The number of hydrogen-bond donors (Lipinski definition) is 2. The van der Waals surface area contributed by atoms with Crippen LogP contribution in [0.5, 0.6) is 0 Å². The van der Waals surface area contributed by atoms with Crippen molar-refractivity contribution in [1.29, 1.82) is 0 Å². The molecule has 0 saturated carbocycles. The zero-order valence-electron chi connectivity index (χ0n) is 10.2. The van der Waals surface area contributed by atoms with Gasteiger partial charge in [0.2, 0.25) is 0 Å². The molecule has 0 aliphatic carbocycles. The number of aliphatic hydroxyl groups is 1. The van der Waals surface area contributed by atoms with Crippen molar-refractivity contribution in [2.24, 2.45) is 0 Å². The minimum atomic E-state index is -0.952. The first-order valence-corrected chi connectivity index (χ1v) is 6.30. The Morgan fingerprint density at radius 1 is 1.50 bits per heavy atom. The summed E-state index contributed by atoms with van der Waals surface area (Å²) in [7, 11) is 0. The highest BCUT2D eigenvalue weighted by Gasteiger charge is 2.26. The molecule has 1 aromatic rings. The first kappa shape index (κ1) is 12.8. The van der Waals surface area contributed by atoms with Crippen LogP contribution in [0.3, 0.4) is 0 Å². The van der Waals surface area contributed by atoms with E-state index in [2.05, 4.69) is 4.98 Å². The van der Waals surface area contributed by atoms with E-state index in [-0.39, 0.29) is 18.2 Å². The average molecular weight is 250 g/mol. The van der Waals surface area contributed by atoms with E-state index in [9.17, 15) is 9.90 Å². The average Bonchev–Trinajstić information content (AvgIpc) is 2.40. The fourth-order valence-corrected chi connectivity index (χ4v) is 2.52. The summed E-state index contributed by atoms with van der Waals surface area (Å²) >= 11 is 0. The van der Waals surface area contributed by atoms with E-state index < -0.39 is 5.97 Å². The van der Waals surface area contributed by atoms with Crippen LogP contribution >= 0.6 is 0 Å². The van der Waals surface area contributed by atoms with Gasteiger partial charge in [-0.15, -0.1) is 0 Å². The van der Waals surface area contributed by atoms with Gasteiger partial charge >= 0.3 is 5.97 Å². The van der Waals surface area contributed by atoms with Gasteiger partial charge in [-0.1, -0.05) is 0 Å². The molecular formula is C13H18N2O3.